The van der Waals surface area contributed by atoms with Crippen molar-refractivity contribution in [1.82, 2.24) is 9.13 Å². The van der Waals surface area contributed by atoms with Gasteiger partial charge in [-0.3, -0.25) is 0 Å². The van der Waals surface area contributed by atoms with Gasteiger partial charge in [0.2, 0.25) is 0 Å². The van der Waals surface area contributed by atoms with Crippen LogP contribution in [0.4, 0.5) is 0 Å². The maximum atomic E-state index is 6.77. The lowest BCUT2D eigenvalue weighted by Gasteiger charge is -2.37. The minimum absolute atomic E-state index is 0.0626. The van der Waals surface area contributed by atoms with Crippen molar-refractivity contribution in [2.24, 2.45) is 5.92 Å². The summed E-state index contributed by atoms with van der Waals surface area (Å²) in [6.07, 6.45) is 5.77. The topological polar surface area (TPSA) is 23.0 Å². The lowest BCUT2D eigenvalue weighted by Crippen LogP contribution is -2.32. The Kier molecular flexibility index (Phi) is 7.40. The normalized spacial score (nSPS) is 19.3. The van der Waals surface area contributed by atoms with Gasteiger partial charge in [0.1, 0.15) is 11.2 Å². The van der Waals surface area contributed by atoms with Crippen molar-refractivity contribution < 1.29 is 4.42 Å². The summed E-state index contributed by atoms with van der Waals surface area (Å²) >= 11 is 2.01. The molecule has 10 aromatic rings. The van der Waals surface area contributed by atoms with Gasteiger partial charge in [0.25, 0.3) is 0 Å². The van der Waals surface area contributed by atoms with Crippen molar-refractivity contribution >= 4 is 83.0 Å². The van der Waals surface area contributed by atoms with E-state index in [0.29, 0.717) is 5.92 Å². The molecular formula is C54H40N2OS. The molecule has 0 amide bonds. The summed E-state index contributed by atoms with van der Waals surface area (Å²) in [6.45, 7) is 4.82. The van der Waals surface area contributed by atoms with Crippen LogP contribution in [0, 0.1) is 5.92 Å². The van der Waals surface area contributed by atoms with Gasteiger partial charge in [0, 0.05) is 59.7 Å². The Morgan fingerprint density at radius 2 is 1.24 bits per heavy atom. The van der Waals surface area contributed by atoms with E-state index in [-0.39, 0.29) is 10.8 Å². The molecule has 278 valence electrons. The SMILES string of the molecule is CC1C=Cc2c(n(C3SC(c4ccc5c(c4)oc4ccc(-n6c7ccccc7c7ccccc76)cc45)=C(c4ccccc4)C3(C)c3ccccc3)c3ccccc23)C1. The molecule has 0 spiro atoms. The predicted molar refractivity (Wildman–Crippen MR) is 246 cm³/mol. The van der Waals surface area contributed by atoms with Crippen LogP contribution >= 0.6 is 11.8 Å². The van der Waals surface area contributed by atoms with Crippen LogP contribution in [-0.4, -0.2) is 9.13 Å². The van der Waals surface area contributed by atoms with Gasteiger partial charge in [0.15, 0.2) is 0 Å². The number of furan rings is 1. The molecule has 3 atom stereocenters. The van der Waals surface area contributed by atoms with Gasteiger partial charge in [-0.25, -0.2) is 0 Å². The highest BCUT2D eigenvalue weighted by molar-refractivity contribution is 8.09. The molecule has 0 N–H and O–H groups in total. The number of benzene rings is 7. The Hall–Kier alpha value is -6.49. The minimum Gasteiger partial charge on any atom is -0.456 e. The van der Waals surface area contributed by atoms with Gasteiger partial charge >= 0.3 is 0 Å². The molecule has 3 unspecified atom stereocenters. The van der Waals surface area contributed by atoms with Crippen molar-refractivity contribution in [3.8, 4) is 5.69 Å². The third kappa shape index (κ3) is 4.82. The maximum absolute atomic E-state index is 6.77. The van der Waals surface area contributed by atoms with Crippen LogP contribution in [0.3, 0.4) is 0 Å². The fourth-order valence-corrected chi connectivity index (χ4v) is 11.9. The summed E-state index contributed by atoms with van der Waals surface area (Å²) in [5.41, 5.74) is 14.1. The molecule has 3 aromatic heterocycles. The Morgan fingerprint density at radius 3 is 1.98 bits per heavy atom. The number of allylic oxidation sites excluding steroid dienone is 2. The standard InChI is InChI=1S/C54H40N2OS/c1-34-25-28-42-41-21-11-14-24-47(41)56(48(42)31-34)53-54(2,37-17-7-4-8-18-37)51(35-15-5-3-6-16-35)52(58-53)36-26-29-43-44-33-38(27-30-49(44)57-50(43)32-36)55-45-22-12-9-19-39(45)40-20-10-13-23-46(40)55/h3-30,32-34,53H,31H2,1-2H3. The first kappa shape index (κ1) is 33.6. The average molecular weight is 765 g/mol. The first-order valence-corrected chi connectivity index (χ1v) is 21.2. The third-order valence-corrected chi connectivity index (χ3v) is 14.4. The Balaban J connectivity index is 1.07. The molecule has 1 aliphatic carbocycles. The van der Waals surface area contributed by atoms with E-state index in [9.17, 15) is 0 Å². The molecule has 0 bridgehead atoms. The molecule has 7 aromatic carbocycles. The van der Waals surface area contributed by atoms with Gasteiger partial charge in [-0.05, 0) is 90.1 Å². The summed E-state index contributed by atoms with van der Waals surface area (Å²) in [5, 5.41) is 6.16. The van der Waals surface area contributed by atoms with Crippen molar-refractivity contribution in [2.75, 3.05) is 0 Å². The Labute approximate surface area is 341 Å². The summed E-state index contributed by atoms with van der Waals surface area (Å²) < 4.78 is 11.9. The van der Waals surface area contributed by atoms with Crippen molar-refractivity contribution in [3.63, 3.8) is 0 Å². The van der Waals surface area contributed by atoms with Crippen LogP contribution in [0.5, 0.6) is 0 Å². The Morgan fingerprint density at radius 1 is 0.586 bits per heavy atom. The summed E-state index contributed by atoms with van der Waals surface area (Å²) in [6, 6.07) is 62.2. The molecule has 3 nitrogen and oxygen atoms in total. The molecule has 4 heteroatoms. The molecule has 1 aliphatic heterocycles. The number of fused-ring (bicyclic) bond motifs is 9. The number of aromatic nitrogens is 2. The largest absolute Gasteiger partial charge is 0.456 e. The zero-order chi connectivity index (χ0) is 38.5. The first-order valence-electron chi connectivity index (χ1n) is 20.3. The van der Waals surface area contributed by atoms with Crippen molar-refractivity contribution in [3.05, 3.63) is 204 Å². The van der Waals surface area contributed by atoms with Crippen LogP contribution in [-0.2, 0) is 11.8 Å². The number of para-hydroxylation sites is 3. The molecular weight excluding hydrogens is 725 g/mol. The van der Waals surface area contributed by atoms with Crippen LogP contribution in [0.25, 0.3) is 76.9 Å². The van der Waals surface area contributed by atoms with E-state index < -0.39 is 0 Å². The van der Waals surface area contributed by atoms with E-state index in [1.54, 1.807) is 0 Å². The molecule has 58 heavy (non-hydrogen) atoms. The maximum Gasteiger partial charge on any atom is 0.136 e. The van der Waals surface area contributed by atoms with Gasteiger partial charge in [-0.1, -0.05) is 152 Å². The van der Waals surface area contributed by atoms with E-state index in [1.165, 1.54) is 71.1 Å². The lowest BCUT2D eigenvalue weighted by atomic mass is 9.72. The molecule has 12 rings (SSSR count). The van der Waals surface area contributed by atoms with Crippen LogP contribution < -0.4 is 0 Å². The molecule has 0 radical (unpaired) electrons. The highest BCUT2D eigenvalue weighted by Gasteiger charge is 2.50. The summed E-state index contributed by atoms with van der Waals surface area (Å²) in [4.78, 5) is 1.29. The molecule has 4 heterocycles. The highest BCUT2D eigenvalue weighted by Crippen LogP contribution is 2.65. The van der Waals surface area contributed by atoms with E-state index in [2.05, 4.69) is 205 Å². The zero-order valence-corrected chi connectivity index (χ0v) is 33.2. The summed E-state index contributed by atoms with van der Waals surface area (Å²) in [5.74, 6) is 0.469. The van der Waals surface area contributed by atoms with E-state index in [1.807, 2.05) is 11.8 Å². The first-order chi connectivity index (χ1) is 28.6. The minimum atomic E-state index is -0.372. The molecule has 0 fully saturated rings. The van der Waals surface area contributed by atoms with Gasteiger partial charge in [-0.15, -0.1) is 0 Å². The van der Waals surface area contributed by atoms with Gasteiger partial charge in [0.05, 0.1) is 16.4 Å². The second-order valence-electron chi connectivity index (χ2n) is 16.3. The second kappa shape index (κ2) is 12.8. The third-order valence-electron chi connectivity index (χ3n) is 12.9. The Bertz CT molecular complexity index is 3270. The second-order valence-corrected chi connectivity index (χ2v) is 17.4. The van der Waals surface area contributed by atoms with Gasteiger partial charge in [-0.2, -0.15) is 0 Å². The van der Waals surface area contributed by atoms with Gasteiger partial charge < -0.3 is 13.6 Å². The monoisotopic (exact) mass is 764 g/mol. The van der Waals surface area contributed by atoms with E-state index in [4.69, 9.17) is 4.42 Å². The number of thioether (sulfide) groups is 1. The molecule has 0 saturated carbocycles. The number of hydrogen-bond donors (Lipinski definition) is 0. The highest BCUT2D eigenvalue weighted by atomic mass is 32.2. The zero-order valence-electron chi connectivity index (χ0n) is 32.4. The number of hydrogen-bond acceptors (Lipinski definition) is 2. The quantitative estimate of drug-likeness (QED) is 0.174. The smallest absolute Gasteiger partial charge is 0.136 e. The van der Waals surface area contributed by atoms with Crippen molar-refractivity contribution in [2.45, 2.75) is 31.1 Å². The van der Waals surface area contributed by atoms with Crippen molar-refractivity contribution in [1.29, 1.82) is 0 Å². The molecule has 2 aliphatic rings. The lowest BCUT2D eigenvalue weighted by molar-refractivity contribution is 0.484. The van der Waals surface area contributed by atoms with E-state index >= 15 is 0 Å². The van der Waals surface area contributed by atoms with Crippen LogP contribution in [0.1, 0.15) is 47.2 Å². The number of rotatable bonds is 5. The predicted octanol–water partition coefficient (Wildman–Crippen LogP) is 14.6. The number of nitrogens with zero attached hydrogens (tertiary/aromatic N) is 2. The van der Waals surface area contributed by atoms with E-state index in [0.717, 1.165) is 34.0 Å². The van der Waals surface area contributed by atoms with Crippen LogP contribution in [0.2, 0.25) is 0 Å². The fourth-order valence-electron chi connectivity index (χ4n) is 10.2. The summed E-state index contributed by atoms with van der Waals surface area (Å²) in [7, 11) is 0. The molecule has 0 saturated heterocycles. The fraction of sp³-hybridized carbons (Fsp3) is 0.111. The average Bonchev–Trinajstić information content (AvgIpc) is 4.00. The van der Waals surface area contributed by atoms with Crippen LogP contribution in [0.15, 0.2) is 180 Å².